The number of benzene rings is 2. The van der Waals surface area contributed by atoms with E-state index in [0.717, 1.165) is 23.8 Å². The molecule has 2 atom stereocenters. The first-order valence-corrected chi connectivity index (χ1v) is 11.1. The molecule has 8 nitrogen and oxygen atoms in total. The number of nitrogens with one attached hydrogen (secondary N) is 1. The summed E-state index contributed by atoms with van der Waals surface area (Å²) < 4.78 is 40.8. The number of carbonyl (C=O) groups is 2. The summed E-state index contributed by atoms with van der Waals surface area (Å²) in [6.45, 7) is 0.387. The Balaban J connectivity index is 1.76. The molecule has 1 aromatic heterocycles. The molecule has 0 unspecified atom stereocenters. The Hall–Kier alpha value is -3.44. The van der Waals surface area contributed by atoms with Crippen LogP contribution >= 0.6 is 0 Å². The van der Waals surface area contributed by atoms with E-state index in [-0.39, 0.29) is 36.0 Å². The van der Waals surface area contributed by atoms with E-state index in [0.29, 0.717) is 24.0 Å². The number of hydrogen-bond acceptors (Lipinski definition) is 4. The smallest absolute Gasteiger partial charge is 0.394 e. The number of fused-ring (bicyclic) bond motifs is 1. The van der Waals surface area contributed by atoms with Gasteiger partial charge < -0.3 is 24.7 Å². The number of aliphatic hydroxyl groups is 2. The van der Waals surface area contributed by atoms with Crippen LogP contribution in [0.4, 0.5) is 13.2 Å². The van der Waals surface area contributed by atoms with E-state index < -0.39 is 30.4 Å². The number of imidazole rings is 1. The Morgan fingerprint density at radius 3 is 2.69 bits per heavy atom. The summed E-state index contributed by atoms with van der Waals surface area (Å²) in [5.41, 5.74) is 0.920. The zero-order valence-electron chi connectivity index (χ0n) is 18.9. The molecular weight excluding hydrogens is 465 g/mol. The largest absolute Gasteiger partial charge is 0.416 e. The van der Waals surface area contributed by atoms with E-state index in [1.165, 1.54) is 6.07 Å². The number of H-pyrrole nitrogens is 1. The lowest BCUT2D eigenvalue weighted by Gasteiger charge is -2.11. The van der Waals surface area contributed by atoms with E-state index in [4.69, 9.17) is 5.11 Å². The van der Waals surface area contributed by atoms with Gasteiger partial charge in [0.2, 0.25) is 11.5 Å². The number of likely N-dealkylation sites (tertiary alicyclic amines) is 1. The van der Waals surface area contributed by atoms with Gasteiger partial charge in [-0.2, -0.15) is 18.2 Å². The standard InChI is InChI=1S/C24H25F3N4O4/c1-30-9-8-18(22(30)35)14-5-6-20-19(12-14)28-23(31(20)10-7-17(33)13-32)29-21(34)15-3-2-4-16(11-15)24(25,26)27/h2-6,11-12,17-18,32-33H,7-10,13H2,1H3,(H,28,29,34)/t17-,18-/m1/s1. The van der Waals surface area contributed by atoms with Gasteiger partial charge in [0, 0.05) is 25.7 Å². The lowest BCUT2D eigenvalue weighted by Crippen LogP contribution is -2.24. The molecule has 0 spiro atoms. The van der Waals surface area contributed by atoms with Gasteiger partial charge in [-0.15, -0.1) is 0 Å². The lowest BCUT2D eigenvalue weighted by molar-refractivity contribution is -0.137. The molecule has 35 heavy (non-hydrogen) atoms. The predicted molar refractivity (Wildman–Crippen MR) is 120 cm³/mol. The quantitative estimate of drug-likeness (QED) is 0.493. The van der Waals surface area contributed by atoms with Gasteiger partial charge in [-0.1, -0.05) is 12.1 Å². The molecule has 1 aliphatic heterocycles. The number of carbonyl (C=O) groups excluding carboxylic acids is 2. The summed E-state index contributed by atoms with van der Waals surface area (Å²) in [7, 11) is 1.74. The van der Waals surface area contributed by atoms with Crippen molar-refractivity contribution in [3.63, 3.8) is 0 Å². The van der Waals surface area contributed by atoms with Crippen LogP contribution < -0.4 is 5.62 Å². The Morgan fingerprint density at radius 1 is 1.26 bits per heavy atom. The summed E-state index contributed by atoms with van der Waals surface area (Å²) in [6, 6.07) is 9.40. The van der Waals surface area contributed by atoms with Crippen LogP contribution in [0.1, 0.15) is 40.2 Å². The van der Waals surface area contributed by atoms with E-state index in [9.17, 15) is 27.9 Å². The highest BCUT2D eigenvalue weighted by Crippen LogP contribution is 2.30. The maximum absolute atomic E-state index is 13.1. The third-order valence-corrected chi connectivity index (χ3v) is 6.18. The summed E-state index contributed by atoms with van der Waals surface area (Å²) in [5, 5.41) is 19.0. The van der Waals surface area contributed by atoms with Crippen LogP contribution in [-0.4, -0.2) is 62.8 Å². The normalized spacial score (nSPS) is 18.0. The van der Waals surface area contributed by atoms with Gasteiger partial charge in [0.1, 0.15) is 0 Å². The fourth-order valence-electron chi connectivity index (χ4n) is 4.21. The molecular formula is C24H25F3N4O4. The molecule has 3 N–H and O–H groups in total. The van der Waals surface area contributed by atoms with Crippen molar-refractivity contribution in [3.8, 4) is 0 Å². The molecule has 4 rings (SSSR count). The van der Waals surface area contributed by atoms with Crippen LogP contribution in [0.5, 0.6) is 0 Å². The number of rotatable bonds is 6. The molecule has 2 heterocycles. The van der Waals surface area contributed by atoms with Gasteiger partial charge in [0.15, 0.2) is 0 Å². The van der Waals surface area contributed by atoms with Crippen molar-refractivity contribution in [2.24, 2.45) is 4.99 Å². The fourth-order valence-corrected chi connectivity index (χ4v) is 4.21. The van der Waals surface area contributed by atoms with Crippen molar-refractivity contribution in [2.45, 2.75) is 37.6 Å². The minimum atomic E-state index is -4.60. The molecule has 2 aromatic carbocycles. The van der Waals surface area contributed by atoms with Gasteiger partial charge in [-0.3, -0.25) is 9.59 Å². The van der Waals surface area contributed by atoms with Crippen molar-refractivity contribution in [3.05, 3.63) is 64.8 Å². The molecule has 0 aliphatic carbocycles. The van der Waals surface area contributed by atoms with Gasteiger partial charge >= 0.3 is 6.18 Å². The van der Waals surface area contributed by atoms with Crippen LogP contribution in [0.3, 0.4) is 0 Å². The highest BCUT2D eigenvalue weighted by Gasteiger charge is 2.31. The molecule has 3 aromatic rings. The molecule has 11 heteroatoms. The summed E-state index contributed by atoms with van der Waals surface area (Å²) in [5.74, 6) is -1.14. The van der Waals surface area contributed by atoms with Crippen LogP contribution in [0, 0.1) is 0 Å². The number of aromatic nitrogens is 2. The Kier molecular flexibility index (Phi) is 6.82. The summed E-state index contributed by atoms with van der Waals surface area (Å²) in [6.07, 6.45) is -4.76. The first-order chi connectivity index (χ1) is 16.6. The fraction of sp³-hybridized carbons (Fsp3) is 0.375. The van der Waals surface area contributed by atoms with Gasteiger partial charge in [-0.05, 0) is 48.7 Å². The number of alkyl halides is 3. The van der Waals surface area contributed by atoms with Crippen molar-refractivity contribution >= 4 is 22.8 Å². The summed E-state index contributed by atoms with van der Waals surface area (Å²) in [4.78, 5) is 33.9. The predicted octanol–water partition coefficient (Wildman–Crippen LogP) is 2.42. The average Bonchev–Trinajstić information content (AvgIpc) is 3.35. The topological polar surface area (TPSA) is 111 Å². The Bertz CT molecular complexity index is 1330. The van der Waals surface area contributed by atoms with E-state index in [1.54, 1.807) is 28.6 Å². The summed E-state index contributed by atoms with van der Waals surface area (Å²) >= 11 is 0. The first-order valence-electron chi connectivity index (χ1n) is 11.1. The Labute approximate surface area is 198 Å². The molecule has 0 bridgehead atoms. The molecule has 1 fully saturated rings. The maximum Gasteiger partial charge on any atom is 0.416 e. The minimum absolute atomic E-state index is 0.0134. The van der Waals surface area contributed by atoms with Crippen LogP contribution in [0.15, 0.2) is 47.5 Å². The minimum Gasteiger partial charge on any atom is -0.394 e. The first kappa shape index (κ1) is 24.7. The number of aromatic amines is 1. The zero-order valence-corrected chi connectivity index (χ0v) is 18.9. The molecule has 1 aliphatic rings. The van der Waals surface area contributed by atoms with E-state index in [2.05, 4.69) is 9.98 Å². The molecule has 0 radical (unpaired) electrons. The van der Waals surface area contributed by atoms with Crippen molar-refractivity contribution in [2.75, 3.05) is 20.2 Å². The van der Waals surface area contributed by atoms with Gasteiger partial charge in [0.05, 0.1) is 35.2 Å². The number of aryl methyl sites for hydroxylation is 1. The molecule has 0 saturated carbocycles. The van der Waals surface area contributed by atoms with E-state index in [1.807, 2.05) is 6.07 Å². The lowest BCUT2D eigenvalue weighted by atomic mass is 9.97. The number of amides is 2. The second kappa shape index (κ2) is 9.67. The molecule has 186 valence electrons. The molecule has 1 saturated heterocycles. The number of likely N-dealkylation sites (N-methyl/N-ethyl adjacent to an activating group) is 1. The maximum atomic E-state index is 13.1. The van der Waals surface area contributed by atoms with Gasteiger partial charge in [0.25, 0.3) is 5.91 Å². The van der Waals surface area contributed by atoms with Crippen LogP contribution in [0.25, 0.3) is 11.0 Å². The third kappa shape index (κ3) is 5.15. The highest BCUT2D eigenvalue weighted by atomic mass is 19.4. The zero-order chi connectivity index (χ0) is 25.3. The highest BCUT2D eigenvalue weighted by molar-refractivity contribution is 5.95. The van der Waals surface area contributed by atoms with Crippen LogP contribution in [0.2, 0.25) is 0 Å². The number of hydrogen-bond donors (Lipinski definition) is 3. The SMILES string of the molecule is CN1CC[C@H](c2ccc3c(c2)[nH]/c(=N\C(=O)c2cccc(C(F)(F)F)c2)n3CC[C@@H](O)CO)C1=O. The van der Waals surface area contributed by atoms with E-state index >= 15 is 0 Å². The van der Waals surface area contributed by atoms with Crippen molar-refractivity contribution in [1.29, 1.82) is 0 Å². The third-order valence-electron chi connectivity index (χ3n) is 6.18. The van der Waals surface area contributed by atoms with Gasteiger partial charge in [-0.25, -0.2) is 0 Å². The average molecular weight is 490 g/mol. The second-order valence-electron chi connectivity index (χ2n) is 8.60. The monoisotopic (exact) mass is 490 g/mol. The number of aliphatic hydroxyl groups excluding tert-OH is 2. The number of halogens is 3. The number of nitrogens with zero attached hydrogens (tertiary/aromatic N) is 3. The second-order valence-corrected chi connectivity index (χ2v) is 8.60. The van der Waals surface area contributed by atoms with Crippen molar-refractivity contribution < 1.29 is 33.0 Å². The molecule has 2 amide bonds. The van der Waals surface area contributed by atoms with Crippen LogP contribution in [-0.2, 0) is 17.5 Å². The van der Waals surface area contributed by atoms with Crippen molar-refractivity contribution in [1.82, 2.24) is 14.5 Å². The Morgan fingerprint density at radius 2 is 2.03 bits per heavy atom.